The van der Waals surface area contributed by atoms with Gasteiger partial charge in [0.2, 0.25) is 0 Å². The molecule has 2 aromatic carbocycles. The van der Waals surface area contributed by atoms with Crippen molar-refractivity contribution >= 4 is 35.8 Å². The Hall–Kier alpha value is 0.112. The van der Waals surface area contributed by atoms with Gasteiger partial charge in [0, 0.05) is 0 Å². The van der Waals surface area contributed by atoms with Crippen molar-refractivity contribution in [1.82, 2.24) is 0 Å². The molecule has 0 amide bonds. The van der Waals surface area contributed by atoms with Crippen LogP contribution in [0.15, 0.2) is 60.7 Å². The van der Waals surface area contributed by atoms with Crippen molar-refractivity contribution in [1.29, 1.82) is 0 Å². The zero-order chi connectivity index (χ0) is 11.4. The van der Waals surface area contributed by atoms with Crippen molar-refractivity contribution in [2.75, 3.05) is 0 Å². The van der Waals surface area contributed by atoms with Crippen molar-refractivity contribution in [3.05, 3.63) is 60.7 Å². The average Bonchev–Trinajstić information content (AvgIpc) is 2.31. The van der Waals surface area contributed by atoms with Gasteiger partial charge in [0.1, 0.15) is 0 Å². The fraction of sp³-hybridized carbons (Fsp3) is 0. The molecule has 0 saturated carbocycles. The summed E-state index contributed by atoms with van der Waals surface area (Å²) in [7, 11) is 12.4. The third kappa shape index (κ3) is 3.07. The number of hydrogen-bond donors (Lipinski definition) is 0. The molecule has 0 heterocycles. The molecule has 4 heteroatoms. The standard InChI is InChI=1S/C12H10P.2ClH.Pd/c1-3-7-11(8-4-1)13-12-9-5-2-6-10-12;;;/h1-10H;2*1H;/q-1;;;+3/p-2. The first-order chi connectivity index (χ1) is 7.79. The Morgan fingerprint density at radius 1 is 0.688 bits per heavy atom. The van der Waals surface area contributed by atoms with E-state index in [1.54, 1.807) is 0 Å². The van der Waals surface area contributed by atoms with Gasteiger partial charge in [-0.3, -0.25) is 0 Å². The number of hydrogen-bond acceptors (Lipinski definition) is 0. The van der Waals surface area contributed by atoms with Crippen LogP contribution in [-0.4, -0.2) is 0 Å². The average molecular weight is 363 g/mol. The molecule has 0 aliphatic heterocycles. The van der Waals surface area contributed by atoms with Crippen molar-refractivity contribution < 1.29 is 14.2 Å². The second-order valence-electron chi connectivity index (χ2n) is 3.08. The van der Waals surface area contributed by atoms with Crippen LogP contribution in [0.4, 0.5) is 0 Å². The van der Waals surface area contributed by atoms with Gasteiger partial charge >= 0.3 is 111 Å². The molecule has 0 aliphatic rings. The number of halogens is 2. The predicted molar refractivity (Wildman–Crippen MR) is 70.8 cm³/mol. The third-order valence-corrected chi connectivity index (χ3v) is 11.5. The van der Waals surface area contributed by atoms with Crippen molar-refractivity contribution in [3.63, 3.8) is 0 Å². The van der Waals surface area contributed by atoms with Gasteiger partial charge in [0.15, 0.2) is 0 Å². The Bertz CT molecular complexity index is 394. The van der Waals surface area contributed by atoms with Gasteiger partial charge < -0.3 is 0 Å². The van der Waals surface area contributed by atoms with Crippen LogP contribution in [0.5, 0.6) is 0 Å². The van der Waals surface area contributed by atoms with Crippen molar-refractivity contribution in [3.8, 4) is 0 Å². The Kier molecular flexibility index (Phi) is 4.83. The molecule has 16 heavy (non-hydrogen) atoms. The number of benzene rings is 2. The second kappa shape index (κ2) is 6.16. The fourth-order valence-corrected chi connectivity index (χ4v) is 10.3. The summed E-state index contributed by atoms with van der Waals surface area (Å²) in [6.07, 6.45) is -0.562. The summed E-state index contributed by atoms with van der Waals surface area (Å²) in [4.78, 5) is 0. The Morgan fingerprint density at radius 2 is 1.06 bits per heavy atom. The van der Waals surface area contributed by atoms with Gasteiger partial charge in [-0.2, -0.15) is 0 Å². The molecule has 0 saturated heterocycles. The fourth-order valence-electron chi connectivity index (χ4n) is 1.37. The van der Waals surface area contributed by atoms with Crippen LogP contribution in [0.2, 0.25) is 0 Å². The first-order valence-electron chi connectivity index (χ1n) is 4.65. The monoisotopic (exact) mass is 361 g/mol. The van der Waals surface area contributed by atoms with E-state index < -0.39 is 20.3 Å². The summed E-state index contributed by atoms with van der Waals surface area (Å²) >= 11 is -1.51. The number of rotatable bonds is 3. The summed E-state index contributed by atoms with van der Waals surface area (Å²) in [5.41, 5.74) is 0. The molecule has 2 rings (SSSR count). The summed E-state index contributed by atoms with van der Waals surface area (Å²) in [6.45, 7) is 0. The molecule has 0 radical (unpaired) electrons. The Balaban J connectivity index is 2.40. The summed E-state index contributed by atoms with van der Waals surface area (Å²) in [5.74, 6) is 0. The zero-order valence-corrected chi connectivity index (χ0v) is 12.3. The topological polar surface area (TPSA) is 0 Å². The van der Waals surface area contributed by atoms with E-state index in [2.05, 4.69) is 24.3 Å². The van der Waals surface area contributed by atoms with E-state index >= 15 is 0 Å². The van der Waals surface area contributed by atoms with E-state index in [9.17, 15) is 0 Å². The van der Waals surface area contributed by atoms with Crippen LogP contribution in [0.3, 0.4) is 0 Å². The molecule has 0 N–H and O–H groups in total. The SMILES string of the molecule is [Cl][Pd]([Cl])[P](c1ccccc1)c1ccccc1. The van der Waals surface area contributed by atoms with Gasteiger partial charge in [-0.05, 0) is 0 Å². The van der Waals surface area contributed by atoms with Gasteiger partial charge in [-0.25, -0.2) is 0 Å². The van der Waals surface area contributed by atoms with Crippen LogP contribution in [0.1, 0.15) is 0 Å². The molecule has 0 aromatic heterocycles. The first kappa shape index (κ1) is 12.6. The first-order valence-corrected chi connectivity index (χ1v) is 11.9. The van der Waals surface area contributed by atoms with Crippen LogP contribution in [0.25, 0.3) is 0 Å². The Labute approximate surface area is 110 Å². The van der Waals surface area contributed by atoms with Crippen LogP contribution in [-0.2, 0) is 14.2 Å². The minimum absolute atomic E-state index is 0.562. The molecule has 2 aromatic rings. The molecule has 0 aliphatic carbocycles. The van der Waals surface area contributed by atoms with E-state index in [-0.39, 0.29) is 0 Å². The maximum atomic E-state index is 6.22. The Morgan fingerprint density at radius 3 is 1.38 bits per heavy atom. The molecule has 87 valence electrons. The van der Waals surface area contributed by atoms with Gasteiger partial charge in [-0.15, -0.1) is 0 Å². The van der Waals surface area contributed by atoms with Crippen LogP contribution >= 0.6 is 25.2 Å². The van der Waals surface area contributed by atoms with Gasteiger partial charge in [-0.1, -0.05) is 0 Å². The van der Waals surface area contributed by atoms with Crippen LogP contribution < -0.4 is 10.6 Å². The summed E-state index contributed by atoms with van der Waals surface area (Å²) in [6, 6.07) is 20.6. The molecule has 0 bridgehead atoms. The molecule has 0 unspecified atom stereocenters. The second-order valence-corrected chi connectivity index (χ2v) is 14.6. The van der Waals surface area contributed by atoms with Crippen molar-refractivity contribution in [2.24, 2.45) is 0 Å². The molecular formula is C12H10Cl2PPd. The van der Waals surface area contributed by atoms with Gasteiger partial charge in [0.05, 0.1) is 0 Å². The summed E-state index contributed by atoms with van der Waals surface area (Å²) < 4.78 is 0. The van der Waals surface area contributed by atoms with E-state index in [4.69, 9.17) is 19.1 Å². The van der Waals surface area contributed by atoms with Gasteiger partial charge in [0.25, 0.3) is 0 Å². The molecule has 0 nitrogen and oxygen atoms in total. The molecule has 0 atom stereocenters. The molecule has 0 spiro atoms. The van der Waals surface area contributed by atoms with E-state index in [1.807, 2.05) is 36.4 Å². The van der Waals surface area contributed by atoms with E-state index in [1.165, 1.54) is 10.6 Å². The van der Waals surface area contributed by atoms with Crippen molar-refractivity contribution in [2.45, 2.75) is 0 Å². The summed E-state index contributed by atoms with van der Waals surface area (Å²) in [5, 5.41) is 2.52. The van der Waals surface area contributed by atoms with E-state index in [0.717, 1.165) is 0 Å². The predicted octanol–water partition coefficient (Wildman–Crippen LogP) is 3.96. The molecular weight excluding hydrogens is 352 g/mol. The quantitative estimate of drug-likeness (QED) is 0.573. The molecule has 0 fully saturated rings. The third-order valence-electron chi connectivity index (χ3n) is 2.04. The maximum absolute atomic E-state index is 6.22. The van der Waals surface area contributed by atoms with E-state index in [0.29, 0.717) is 0 Å². The van der Waals surface area contributed by atoms with Crippen LogP contribution in [0, 0.1) is 0 Å². The minimum atomic E-state index is -1.51. The zero-order valence-electron chi connectivity index (χ0n) is 8.29. The normalized spacial score (nSPS) is 11.6.